The lowest BCUT2D eigenvalue weighted by atomic mass is 10.1. The molecular weight excluding hydrogens is 333 g/mol. The Morgan fingerprint density at radius 2 is 2.30 bits per heavy atom. The zero-order valence-corrected chi connectivity index (χ0v) is 12.8. The number of phosphoric ester groups is 1. The minimum absolute atomic E-state index is 0.0879. The molecule has 0 aliphatic carbocycles. The van der Waals surface area contributed by atoms with Crippen molar-refractivity contribution in [3.8, 4) is 0 Å². The number of nitrogens with zero attached hydrogens (tertiary/aromatic N) is 4. The Morgan fingerprint density at radius 3 is 2.91 bits per heavy atom. The average Bonchev–Trinajstić information content (AvgIpc) is 2.83. The van der Waals surface area contributed by atoms with E-state index in [1.165, 1.54) is 13.1 Å². The highest BCUT2D eigenvalue weighted by Crippen LogP contribution is 2.38. The first-order valence-corrected chi connectivity index (χ1v) is 7.96. The van der Waals surface area contributed by atoms with E-state index in [4.69, 9.17) is 20.1 Å². The Morgan fingerprint density at radius 1 is 1.61 bits per heavy atom. The van der Waals surface area contributed by atoms with Gasteiger partial charge in [-0.25, -0.2) is 9.36 Å². The van der Waals surface area contributed by atoms with Gasteiger partial charge in [0.25, 0.3) is 5.56 Å². The first kappa shape index (κ1) is 17.4. The topological polar surface area (TPSA) is 180 Å². The molecule has 0 aromatic carbocycles. The molecule has 1 aliphatic rings. The molecule has 126 valence electrons. The van der Waals surface area contributed by atoms with Gasteiger partial charge in [-0.2, -0.15) is 0 Å². The smallest absolute Gasteiger partial charge is 0.352 e. The minimum atomic E-state index is -4.71. The number of aryl methyl sites for hydroxylation is 1. The molecule has 0 saturated carbocycles. The van der Waals surface area contributed by atoms with E-state index in [-0.39, 0.29) is 12.0 Å². The number of rotatable bonds is 5. The molecule has 0 spiro atoms. The molecule has 0 bridgehead atoms. The van der Waals surface area contributed by atoms with Gasteiger partial charge in [-0.1, -0.05) is 5.11 Å². The van der Waals surface area contributed by atoms with Crippen LogP contribution >= 0.6 is 7.82 Å². The normalized spacial score (nSPS) is 24.4. The highest BCUT2D eigenvalue weighted by atomic mass is 31.2. The second-order valence-electron chi connectivity index (χ2n) is 4.90. The third-order valence-corrected chi connectivity index (χ3v) is 3.75. The number of hydrogen-bond donors (Lipinski definition) is 3. The highest BCUT2D eigenvalue weighted by molar-refractivity contribution is 7.46. The molecule has 1 unspecified atom stereocenters. The van der Waals surface area contributed by atoms with Crippen LogP contribution in [-0.4, -0.2) is 38.1 Å². The van der Waals surface area contributed by atoms with Crippen LogP contribution < -0.4 is 11.2 Å². The largest absolute Gasteiger partial charge is 0.469 e. The van der Waals surface area contributed by atoms with Gasteiger partial charge in [0.1, 0.15) is 6.23 Å². The number of hydrogen-bond acceptors (Lipinski definition) is 6. The van der Waals surface area contributed by atoms with Crippen molar-refractivity contribution in [2.24, 2.45) is 5.11 Å². The maximum Gasteiger partial charge on any atom is 0.469 e. The van der Waals surface area contributed by atoms with Crippen LogP contribution in [0.5, 0.6) is 0 Å². The zero-order chi connectivity index (χ0) is 17.2. The van der Waals surface area contributed by atoms with E-state index in [0.717, 1.165) is 4.57 Å². The van der Waals surface area contributed by atoms with Gasteiger partial charge >= 0.3 is 13.5 Å². The number of H-pyrrole nitrogens is 1. The van der Waals surface area contributed by atoms with Crippen molar-refractivity contribution >= 4 is 7.82 Å². The molecule has 3 atom stereocenters. The van der Waals surface area contributed by atoms with Gasteiger partial charge < -0.3 is 14.5 Å². The van der Waals surface area contributed by atoms with Gasteiger partial charge in [0.15, 0.2) is 0 Å². The number of aromatic nitrogens is 2. The molecule has 1 fully saturated rings. The Bertz CT molecular complexity index is 792. The molecule has 0 radical (unpaired) electrons. The molecule has 3 N–H and O–H groups in total. The summed E-state index contributed by atoms with van der Waals surface area (Å²) >= 11 is 0. The molecule has 1 aromatic rings. The van der Waals surface area contributed by atoms with Crippen LogP contribution in [0.15, 0.2) is 20.9 Å². The van der Waals surface area contributed by atoms with Crippen LogP contribution in [0.1, 0.15) is 18.2 Å². The SMILES string of the molecule is Cc1cn([C@H]2CC(N=[N+]=[N-])[C@@H](COP(=O)(O)O)O2)c(=O)[nH]c1=O. The van der Waals surface area contributed by atoms with Crippen molar-refractivity contribution in [2.45, 2.75) is 31.7 Å². The number of aromatic amines is 1. The fourth-order valence-corrected chi connectivity index (χ4v) is 2.54. The summed E-state index contributed by atoms with van der Waals surface area (Å²) in [5.41, 5.74) is 7.60. The number of ether oxygens (including phenoxy) is 1. The van der Waals surface area contributed by atoms with Crippen LogP contribution in [0.25, 0.3) is 10.4 Å². The molecule has 0 amide bonds. The number of nitrogens with one attached hydrogen (secondary N) is 1. The second-order valence-corrected chi connectivity index (χ2v) is 6.14. The Labute approximate surface area is 128 Å². The summed E-state index contributed by atoms with van der Waals surface area (Å²) in [5, 5.41) is 3.49. The van der Waals surface area contributed by atoms with Crippen molar-refractivity contribution in [1.29, 1.82) is 0 Å². The van der Waals surface area contributed by atoms with Crippen LogP contribution in [0.2, 0.25) is 0 Å². The molecule has 23 heavy (non-hydrogen) atoms. The Hall–Kier alpha value is -1.94. The molecule has 12 nitrogen and oxygen atoms in total. The molecule has 2 rings (SSSR count). The van der Waals surface area contributed by atoms with Gasteiger partial charge in [0.05, 0.1) is 18.8 Å². The van der Waals surface area contributed by atoms with Crippen LogP contribution in [0.4, 0.5) is 0 Å². The predicted octanol–water partition coefficient (Wildman–Crippen LogP) is -0.0793. The van der Waals surface area contributed by atoms with E-state index in [2.05, 4.69) is 19.5 Å². The predicted molar refractivity (Wildman–Crippen MR) is 75.5 cm³/mol. The summed E-state index contributed by atoms with van der Waals surface area (Å²) in [4.78, 5) is 45.4. The third kappa shape index (κ3) is 4.29. The number of azide groups is 1. The lowest BCUT2D eigenvalue weighted by Gasteiger charge is -2.17. The van der Waals surface area contributed by atoms with Gasteiger partial charge in [-0.15, -0.1) is 0 Å². The zero-order valence-electron chi connectivity index (χ0n) is 11.9. The maximum absolute atomic E-state index is 11.8. The van der Waals surface area contributed by atoms with Gasteiger partial charge in [0, 0.05) is 23.1 Å². The van der Waals surface area contributed by atoms with Crippen LogP contribution in [-0.2, 0) is 13.8 Å². The average molecular weight is 347 g/mol. The monoisotopic (exact) mass is 347 g/mol. The van der Waals surface area contributed by atoms with Crippen LogP contribution in [0.3, 0.4) is 0 Å². The van der Waals surface area contributed by atoms with Crippen molar-refractivity contribution in [1.82, 2.24) is 9.55 Å². The summed E-state index contributed by atoms with van der Waals surface area (Å²) in [6.07, 6.45) is -0.419. The summed E-state index contributed by atoms with van der Waals surface area (Å²) in [6.45, 7) is 0.991. The fraction of sp³-hybridized carbons (Fsp3) is 0.600. The van der Waals surface area contributed by atoms with E-state index in [1.807, 2.05) is 0 Å². The lowest BCUT2D eigenvalue weighted by Crippen LogP contribution is -2.33. The molecular formula is C10H14N5O7P. The van der Waals surface area contributed by atoms with Gasteiger partial charge in [-0.3, -0.25) is 18.9 Å². The van der Waals surface area contributed by atoms with Crippen molar-refractivity contribution in [3.05, 3.63) is 43.0 Å². The Kier molecular flexibility index (Phi) is 5.05. The molecule has 2 heterocycles. The van der Waals surface area contributed by atoms with Crippen molar-refractivity contribution < 1.29 is 23.6 Å². The summed E-state index contributed by atoms with van der Waals surface area (Å²) in [5.74, 6) is 0. The summed E-state index contributed by atoms with van der Waals surface area (Å²) in [7, 11) is -4.71. The van der Waals surface area contributed by atoms with E-state index in [0.29, 0.717) is 0 Å². The summed E-state index contributed by atoms with van der Waals surface area (Å²) in [6, 6.07) is -0.782. The second kappa shape index (κ2) is 6.67. The van der Waals surface area contributed by atoms with E-state index in [9.17, 15) is 14.2 Å². The molecule has 1 saturated heterocycles. The molecule has 1 aromatic heterocycles. The van der Waals surface area contributed by atoms with Gasteiger partial charge in [0.2, 0.25) is 0 Å². The van der Waals surface area contributed by atoms with Crippen LogP contribution in [0, 0.1) is 6.92 Å². The van der Waals surface area contributed by atoms with Crippen molar-refractivity contribution in [3.63, 3.8) is 0 Å². The van der Waals surface area contributed by atoms with E-state index < -0.39 is 44.1 Å². The highest BCUT2D eigenvalue weighted by Gasteiger charge is 2.37. The quantitative estimate of drug-likeness (QED) is 0.288. The van der Waals surface area contributed by atoms with E-state index >= 15 is 0 Å². The minimum Gasteiger partial charge on any atom is -0.352 e. The maximum atomic E-state index is 11.8. The number of phosphoric acid groups is 1. The summed E-state index contributed by atoms with van der Waals surface area (Å²) < 4.78 is 21.7. The Balaban J connectivity index is 2.24. The van der Waals surface area contributed by atoms with E-state index in [1.54, 1.807) is 0 Å². The first-order chi connectivity index (χ1) is 10.7. The lowest BCUT2D eigenvalue weighted by molar-refractivity contribution is -0.0268. The third-order valence-electron chi connectivity index (χ3n) is 3.27. The fourth-order valence-electron chi connectivity index (χ4n) is 2.19. The molecule has 13 heteroatoms. The van der Waals surface area contributed by atoms with Gasteiger partial charge in [-0.05, 0) is 12.5 Å². The standard InChI is InChI=1S/C10H14N5O7P/c1-5-3-15(10(17)12-9(5)16)8-2-6(13-14-11)7(22-8)4-21-23(18,19)20/h3,6-8H,2,4H2,1H3,(H,12,16,17)(H2,18,19,20)/t6?,7-,8-/m1/s1. The molecule has 1 aliphatic heterocycles. The first-order valence-electron chi connectivity index (χ1n) is 6.43. The van der Waals surface area contributed by atoms with Crippen molar-refractivity contribution in [2.75, 3.05) is 6.61 Å².